The Morgan fingerprint density at radius 2 is 1.90 bits per heavy atom. The standard InChI is InChI=1S/C19H15ClN4O4S2/c1-10(2)30(26,27)19-23-29-18-22-17(25)14(16(21)24(18)19)9-13-7-8-15(28-13)11-3-5-12(20)6-4-11/h3-10,21H,1-2H3/b14-9-,21-16?. The number of aliphatic imine (C=N–C) groups is 1. The number of amides is 1. The van der Waals surface area contributed by atoms with Crippen LogP contribution in [-0.2, 0) is 14.6 Å². The number of amidine groups is 3. The van der Waals surface area contributed by atoms with Crippen molar-refractivity contribution in [3.05, 3.63) is 52.8 Å². The van der Waals surface area contributed by atoms with Crippen LogP contribution < -0.4 is 0 Å². The molecule has 154 valence electrons. The SMILES string of the molecule is CC(C)S(=O)(=O)C1=NSC2=NC(=O)/C(=C\c3ccc(-c4ccc(Cl)cc4)o3)C(=N)N21. The number of nitrogens with one attached hydrogen (secondary N) is 1. The Kier molecular flexibility index (Phi) is 5.16. The van der Waals surface area contributed by atoms with Crippen LogP contribution in [0.5, 0.6) is 0 Å². The average Bonchev–Trinajstić information content (AvgIpc) is 3.33. The van der Waals surface area contributed by atoms with Crippen molar-refractivity contribution >= 4 is 61.5 Å². The van der Waals surface area contributed by atoms with E-state index in [-0.39, 0.29) is 21.7 Å². The van der Waals surface area contributed by atoms with Crippen molar-refractivity contribution in [2.45, 2.75) is 19.1 Å². The lowest BCUT2D eigenvalue weighted by Crippen LogP contribution is -2.46. The normalized spacial score (nSPS) is 18.1. The van der Waals surface area contributed by atoms with Gasteiger partial charge < -0.3 is 4.42 Å². The van der Waals surface area contributed by atoms with Gasteiger partial charge in [-0.25, -0.2) is 13.3 Å². The molecule has 1 amide bonds. The van der Waals surface area contributed by atoms with E-state index in [0.717, 1.165) is 22.4 Å². The maximum atomic E-state index is 12.6. The maximum absolute atomic E-state index is 12.6. The number of halogens is 1. The van der Waals surface area contributed by atoms with Gasteiger partial charge in [-0.1, -0.05) is 11.6 Å². The fraction of sp³-hybridized carbons (Fsp3) is 0.158. The third-order valence-corrected chi connectivity index (χ3v) is 7.50. The van der Waals surface area contributed by atoms with E-state index in [1.54, 1.807) is 36.4 Å². The number of hydrogen-bond donors (Lipinski definition) is 1. The monoisotopic (exact) mass is 462 g/mol. The van der Waals surface area contributed by atoms with Crippen molar-refractivity contribution in [1.82, 2.24) is 4.90 Å². The molecule has 2 aliphatic rings. The van der Waals surface area contributed by atoms with E-state index in [2.05, 4.69) is 9.39 Å². The molecule has 4 rings (SSSR count). The molecule has 1 N–H and O–H groups in total. The first-order chi connectivity index (χ1) is 14.2. The number of fused-ring (bicyclic) bond motifs is 1. The highest BCUT2D eigenvalue weighted by molar-refractivity contribution is 8.16. The summed E-state index contributed by atoms with van der Waals surface area (Å²) in [5.41, 5.74) is 0.702. The number of sulfone groups is 1. The number of carbonyl (C=O) groups is 1. The fourth-order valence-electron chi connectivity index (χ4n) is 2.74. The lowest BCUT2D eigenvalue weighted by atomic mass is 10.1. The topological polar surface area (TPSA) is 116 Å². The minimum absolute atomic E-state index is 0.0441. The molecular formula is C19H15ClN4O4S2. The summed E-state index contributed by atoms with van der Waals surface area (Å²) >= 11 is 6.66. The van der Waals surface area contributed by atoms with Gasteiger partial charge in [-0.15, -0.1) is 0 Å². The second-order valence-electron chi connectivity index (χ2n) is 6.71. The van der Waals surface area contributed by atoms with Crippen LogP contribution in [0.3, 0.4) is 0 Å². The Morgan fingerprint density at radius 1 is 1.20 bits per heavy atom. The quantitative estimate of drug-likeness (QED) is 0.544. The molecule has 30 heavy (non-hydrogen) atoms. The summed E-state index contributed by atoms with van der Waals surface area (Å²) in [6, 6.07) is 10.4. The number of carbonyl (C=O) groups excluding carboxylic acids is 1. The summed E-state index contributed by atoms with van der Waals surface area (Å²) in [5, 5.41) is 8.05. The third-order valence-electron chi connectivity index (χ3n) is 4.41. The molecule has 1 aromatic carbocycles. The zero-order valence-electron chi connectivity index (χ0n) is 15.8. The third kappa shape index (κ3) is 3.51. The van der Waals surface area contributed by atoms with Gasteiger partial charge in [-0.2, -0.15) is 9.39 Å². The van der Waals surface area contributed by atoms with Crippen LogP contribution in [0.2, 0.25) is 5.02 Å². The van der Waals surface area contributed by atoms with Gasteiger partial charge in [0.1, 0.15) is 17.4 Å². The Hall–Kier alpha value is -2.69. The second-order valence-corrected chi connectivity index (χ2v) is 10.3. The first-order valence-electron chi connectivity index (χ1n) is 8.77. The zero-order valence-corrected chi connectivity index (χ0v) is 18.2. The molecular weight excluding hydrogens is 448 g/mol. The van der Waals surface area contributed by atoms with Gasteiger partial charge in [0.15, 0.2) is 0 Å². The Balaban J connectivity index is 1.68. The number of nitrogens with zero attached hydrogens (tertiary/aromatic N) is 3. The molecule has 0 saturated carbocycles. The molecule has 2 aliphatic heterocycles. The Labute approximate surface area is 181 Å². The van der Waals surface area contributed by atoms with Crippen molar-refractivity contribution in [3.63, 3.8) is 0 Å². The lowest BCUT2D eigenvalue weighted by molar-refractivity contribution is -0.114. The highest BCUT2D eigenvalue weighted by Crippen LogP contribution is 2.32. The molecule has 0 unspecified atom stereocenters. The Morgan fingerprint density at radius 3 is 2.57 bits per heavy atom. The van der Waals surface area contributed by atoms with Gasteiger partial charge in [-0.05, 0) is 56.3 Å². The summed E-state index contributed by atoms with van der Waals surface area (Å²) in [5.74, 6) is -0.105. The average molecular weight is 463 g/mol. The molecule has 8 nitrogen and oxygen atoms in total. The van der Waals surface area contributed by atoms with Gasteiger partial charge >= 0.3 is 0 Å². The summed E-state index contributed by atoms with van der Waals surface area (Å²) in [7, 11) is -3.77. The minimum atomic E-state index is -3.77. The van der Waals surface area contributed by atoms with Crippen molar-refractivity contribution < 1.29 is 17.6 Å². The first-order valence-corrected chi connectivity index (χ1v) is 11.5. The van der Waals surface area contributed by atoms with Gasteiger partial charge in [0.05, 0.1) is 22.8 Å². The van der Waals surface area contributed by atoms with Gasteiger partial charge in [0.25, 0.3) is 5.91 Å². The molecule has 0 saturated heterocycles. The molecule has 0 radical (unpaired) electrons. The molecule has 11 heteroatoms. The minimum Gasteiger partial charge on any atom is -0.457 e. The van der Waals surface area contributed by atoms with E-state index >= 15 is 0 Å². The predicted molar refractivity (Wildman–Crippen MR) is 118 cm³/mol. The highest BCUT2D eigenvalue weighted by Gasteiger charge is 2.43. The van der Waals surface area contributed by atoms with Crippen molar-refractivity contribution in [3.8, 4) is 11.3 Å². The van der Waals surface area contributed by atoms with Gasteiger partial charge in [-0.3, -0.25) is 10.2 Å². The van der Waals surface area contributed by atoms with Crippen LogP contribution in [0.25, 0.3) is 17.4 Å². The van der Waals surface area contributed by atoms with E-state index in [1.807, 2.05) is 0 Å². The van der Waals surface area contributed by atoms with Crippen molar-refractivity contribution in [1.29, 1.82) is 5.41 Å². The number of rotatable bonds is 3. The van der Waals surface area contributed by atoms with E-state index in [9.17, 15) is 13.2 Å². The van der Waals surface area contributed by atoms with Crippen LogP contribution in [0, 0.1) is 5.41 Å². The van der Waals surface area contributed by atoms with Crippen LogP contribution in [0.15, 0.2) is 55.8 Å². The van der Waals surface area contributed by atoms with Crippen molar-refractivity contribution in [2.75, 3.05) is 0 Å². The van der Waals surface area contributed by atoms with Crippen LogP contribution in [0.4, 0.5) is 0 Å². The molecule has 0 fully saturated rings. The van der Waals surface area contributed by atoms with E-state index in [4.69, 9.17) is 21.4 Å². The van der Waals surface area contributed by atoms with E-state index in [0.29, 0.717) is 16.5 Å². The van der Waals surface area contributed by atoms with E-state index in [1.165, 1.54) is 19.9 Å². The summed E-state index contributed by atoms with van der Waals surface area (Å²) in [6.07, 6.45) is 1.37. The van der Waals surface area contributed by atoms with Gasteiger partial charge in [0, 0.05) is 10.6 Å². The first kappa shape index (κ1) is 20.6. The molecule has 0 atom stereocenters. The molecule has 1 aromatic heterocycles. The summed E-state index contributed by atoms with van der Waals surface area (Å²) in [6.45, 7) is 3.04. The van der Waals surface area contributed by atoms with E-state index < -0.39 is 21.0 Å². The van der Waals surface area contributed by atoms with Crippen molar-refractivity contribution in [2.24, 2.45) is 9.39 Å². The molecule has 0 spiro atoms. The van der Waals surface area contributed by atoms with Gasteiger partial charge in [0.2, 0.25) is 20.2 Å². The molecule has 3 heterocycles. The predicted octanol–water partition coefficient (Wildman–Crippen LogP) is 4.00. The number of hydrogen-bond acceptors (Lipinski definition) is 7. The smallest absolute Gasteiger partial charge is 0.283 e. The number of furan rings is 1. The van der Waals surface area contributed by atoms with Crippen LogP contribution in [-0.4, -0.2) is 40.6 Å². The Bertz CT molecular complexity index is 1260. The molecule has 0 bridgehead atoms. The zero-order chi connectivity index (χ0) is 21.6. The van der Waals surface area contributed by atoms with Crippen LogP contribution >= 0.6 is 23.5 Å². The number of benzene rings is 1. The fourth-order valence-corrected chi connectivity index (χ4v) is 4.93. The molecule has 0 aliphatic carbocycles. The molecule has 2 aromatic rings. The second kappa shape index (κ2) is 7.53. The largest absolute Gasteiger partial charge is 0.457 e. The summed E-state index contributed by atoms with van der Waals surface area (Å²) in [4.78, 5) is 17.4. The summed E-state index contributed by atoms with van der Waals surface area (Å²) < 4.78 is 34.9. The maximum Gasteiger partial charge on any atom is 0.283 e. The lowest BCUT2D eigenvalue weighted by Gasteiger charge is -2.25. The van der Waals surface area contributed by atoms with Crippen LogP contribution in [0.1, 0.15) is 19.6 Å². The highest BCUT2D eigenvalue weighted by atomic mass is 35.5.